The van der Waals surface area contributed by atoms with Gasteiger partial charge < -0.3 is 28.7 Å². The SMILES string of the molecule is CC(=O)Oc1ccc2[nH]c3c(C)c4cc[n+](C5OC[C@H](OC(C)=O)[C@@H](OC(C)=O)[C@@H]5OC(C)=O)cc4c(C)c3c2c1. The van der Waals surface area contributed by atoms with Crippen LogP contribution in [0.1, 0.15) is 45.0 Å². The molecule has 0 aliphatic carbocycles. The van der Waals surface area contributed by atoms with Crippen molar-refractivity contribution >= 4 is 56.5 Å². The van der Waals surface area contributed by atoms with Crippen molar-refractivity contribution in [3.8, 4) is 5.75 Å². The van der Waals surface area contributed by atoms with E-state index in [0.29, 0.717) is 5.75 Å². The minimum atomic E-state index is -1.10. The lowest BCUT2D eigenvalue weighted by atomic mass is 9.96. The highest BCUT2D eigenvalue weighted by atomic mass is 16.6. The number of hydrogen-bond acceptors (Lipinski definition) is 9. The van der Waals surface area contributed by atoms with Gasteiger partial charge in [0.05, 0.1) is 12.1 Å². The van der Waals surface area contributed by atoms with Crippen molar-refractivity contribution in [2.24, 2.45) is 0 Å². The van der Waals surface area contributed by atoms with Gasteiger partial charge in [-0.1, -0.05) is 0 Å². The molecule has 0 bridgehead atoms. The van der Waals surface area contributed by atoms with E-state index >= 15 is 0 Å². The van der Waals surface area contributed by atoms with Crippen molar-refractivity contribution in [2.45, 2.75) is 66.1 Å². The molecule has 1 unspecified atom stereocenters. The van der Waals surface area contributed by atoms with Crippen LogP contribution in [0.2, 0.25) is 0 Å². The first-order valence-corrected chi connectivity index (χ1v) is 13.2. The van der Waals surface area contributed by atoms with E-state index in [1.165, 1.54) is 27.7 Å². The van der Waals surface area contributed by atoms with Crippen LogP contribution in [-0.2, 0) is 38.1 Å². The van der Waals surface area contributed by atoms with Crippen molar-refractivity contribution < 1.29 is 47.4 Å². The Labute approximate surface area is 235 Å². The fourth-order valence-corrected chi connectivity index (χ4v) is 5.62. The molecule has 4 aromatic rings. The van der Waals surface area contributed by atoms with Gasteiger partial charge in [-0.25, -0.2) is 0 Å². The number of nitrogens with zero attached hydrogens (tertiary/aromatic N) is 1. The second kappa shape index (κ2) is 10.8. The number of H-pyrrole nitrogens is 1. The summed E-state index contributed by atoms with van der Waals surface area (Å²) in [6, 6.07) is 7.41. The standard InChI is InChI=1S/C30H30N2O9/c1-14-23-12-32(30-29(41-19(6)36)28(40-18(5)35)25(13-37-30)39-17(4)34)10-9-21(23)15(2)27-26(14)22-11-20(38-16(3)33)7-8-24(22)31-27/h7-12,25,28-30H,13H2,1-6H3/p+1/t25-,28+,29-,30?/m0/s1. The monoisotopic (exact) mass is 563 g/mol. The lowest BCUT2D eigenvalue weighted by Gasteiger charge is -2.37. The van der Waals surface area contributed by atoms with E-state index in [1.807, 2.05) is 38.2 Å². The maximum atomic E-state index is 12.1. The Morgan fingerprint density at radius 2 is 1.51 bits per heavy atom. The second-order valence-corrected chi connectivity index (χ2v) is 10.2. The van der Waals surface area contributed by atoms with Crippen molar-refractivity contribution in [3.63, 3.8) is 0 Å². The minimum Gasteiger partial charge on any atom is -0.456 e. The number of pyridine rings is 1. The van der Waals surface area contributed by atoms with Crippen LogP contribution in [-0.4, -0.2) is 53.8 Å². The van der Waals surface area contributed by atoms with E-state index in [1.54, 1.807) is 16.8 Å². The number of fused-ring (bicyclic) bond motifs is 4. The normalized spacial score (nSPS) is 20.6. The molecule has 0 spiro atoms. The van der Waals surface area contributed by atoms with Crippen LogP contribution in [0.25, 0.3) is 32.6 Å². The predicted octanol–water partition coefficient (Wildman–Crippen LogP) is 3.63. The molecule has 0 amide bonds. The smallest absolute Gasteiger partial charge is 0.308 e. The molecule has 3 heterocycles. The fourth-order valence-electron chi connectivity index (χ4n) is 5.62. The maximum absolute atomic E-state index is 12.1. The number of rotatable bonds is 5. The van der Waals surface area contributed by atoms with E-state index in [9.17, 15) is 19.2 Å². The molecule has 2 aromatic heterocycles. The lowest BCUT2D eigenvalue weighted by Crippen LogP contribution is -2.61. The first-order chi connectivity index (χ1) is 19.4. The van der Waals surface area contributed by atoms with Crippen LogP contribution in [0, 0.1) is 13.8 Å². The Kier molecular flexibility index (Phi) is 7.39. The molecule has 0 saturated carbocycles. The fraction of sp³-hybridized carbons (Fsp3) is 0.367. The zero-order valence-corrected chi connectivity index (χ0v) is 23.6. The average Bonchev–Trinajstić information content (AvgIpc) is 3.27. The number of aromatic amines is 1. The number of aromatic nitrogens is 2. The zero-order valence-electron chi connectivity index (χ0n) is 23.6. The molecule has 0 radical (unpaired) electrons. The number of nitrogens with one attached hydrogen (secondary N) is 1. The van der Waals surface area contributed by atoms with Gasteiger partial charge in [0.15, 0.2) is 24.6 Å². The summed E-state index contributed by atoms with van der Waals surface area (Å²) in [5.74, 6) is -1.76. The Bertz CT molecular complexity index is 1720. The van der Waals surface area contributed by atoms with E-state index in [2.05, 4.69) is 4.98 Å². The van der Waals surface area contributed by atoms with Crippen LogP contribution in [0.5, 0.6) is 5.75 Å². The van der Waals surface area contributed by atoms with Crippen molar-refractivity contribution in [1.29, 1.82) is 0 Å². The molecule has 11 heteroatoms. The predicted molar refractivity (Wildman–Crippen MR) is 146 cm³/mol. The third-order valence-corrected chi connectivity index (χ3v) is 7.19. The van der Waals surface area contributed by atoms with Crippen molar-refractivity contribution in [1.82, 2.24) is 4.98 Å². The molecule has 1 aliphatic rings. The summed E-state index contributed by atoms with van der Waals surface area (Å²) in [5, 5.41) is 3.79. The summed E-state index contributed by atoms with van der Waals surface area (Å²) in [4.78, 5) is 50.9. The molecule has 1 saturated heterocycles. The number of esters is 4. The van der Waals surface area contributed by atoms with Crippen LogP contribution in [0.3, 0.4) is 0 Å². The van der Waals surface area contributed by atoms with Gasteiger partial charge in [0.1, 0.15) is 5.75 Å². The summed E-state index contributed by atoms with van der Waals surface area (Å²) in [6.45, 7) is 9.02. The van der Waals surface area contributed by atoms with Gasteiger partial charge >= 0.3 is 30.1 Å². The van der Waals surface area contributed by atoms with E-state index in [0.717, 1.165) is 43.7 Å². The average molecular weight is 564 g/mol. The number of hydrogen-bond donors (Lipinski definition) is 1. The topological polar surface area (TPSA) is 134 Å². The zero-order chi connectivity index (χ0) is 29.6. The Hall–Kier alpha value is -4.51. The van der Waals surface area contributed by atoms with Crippen molar-refractivity contribution in [2.75, 3.05) is 6.61 Å². The summed E-state index contributed by atoms with van der Waals surface area (Å²) in [5.41, 5.74) is 3.85. The van der Waals surface area contributed by atoms with Crippen LogP contribution >= 0.6 is 0 Å². The van der Waals surface area contributed by atoms with Crippen LogP contribution in [0.4, 0.5) is 0 Å². The van der Waals surface area contributed by atoms with Gasteiger partial charge in [0, 0.05) is 55.4 Å². The molecule has 1 aliphatic heterocycles. The van der Waals surface area contributed by atoms with Crippen LogP contribution in [0.15, 0.2) is 36.7 Å². The third kappa shape index (κ3) is 5.32. The number of aryl methyl sites for hydroxylation is 2. The molecule has 4 atom stereocenters. The number of ether oxygens (including phenoxy) is 5. The molecule has 1 N–H and O–H groups in total. The highest BCUT2D eigenvalue weighted by Crippen LogP contribution is 2.38. The number of benzene rings is 2. The number of carbonyl (C=O) groups is 4. The maximum Gasteiger partial charge on any atom is 0.308 e. The molecular weight excluding hydrogens is 532 g/mol. The summed E-state index contributed by atoms with van der Waals surface area (Å²) >= 11 is 0. The first kappa shape index (κ1) is 28.0. The molecule has 41 heavy (non-hydrogen) atoms. The van der Waals surface area contributed by atoms with Gasteiger partial charge in [0.2, 0.25) is 6.10 Å². The molecule has 1 fully saturated rings. The van der Waals surface area contributed by atoms with E-state index < -0.39 is 48.4 Å². The van der Waals surface area contributed by atoms with E-state index in [4.69, 9.17) is 23.7 Å². The molecular formula is C30H31N2O9+. The third-order valence-electron chi connectivity index (χ3n) is 7.19. The van der Waals surface area contributed by atoms with Gasteiger partial charge in [-0.15, -0.1) is 0 Å². The van der Waals surface area contributed by atoms with E-state index in [-0.39, 0.29) is 6.61 Å². The van der Waals surface area contributed by atoms with Crippen molar-refractivity contribution in [3.05, 3.63) is 47.8 Å². The highest BCUT2D eigenvalue weighted by molar-refractivity contribution is 6.16. The Balaban J connectivity index is 1.65. The Morgan fingerprint density at radius 3 is 2.17 bits per heavy atom. The van der Waals surface area contributed by atoms with Crippen LogP contribution < -0.4 is 9.30 Å². The summed E-state index contributed by atoms with van der Waals surface area (Å²) in [6.07, 6.45) is -0.320. The summed E-state index contributed by atoms with van der Waals surface area (Å²) in [7, 11) is 0. The molecule has 214 valence electrons. The second-order valence-electron chi connectivity index (χ2n) is 10.2. The van der Waals surface area contributed by atoms with Gasteiger partial charge in [-0.3, -0.25) is 19.2 Å². The highest BCUT2D eigenvalue weighted by Gasteiger charge is 2.51. The molecule has 11 nitrogen and oxygen atoms in total. The van der Waals surface area contributed by atoms with Gasteiger partial charge in [0.25, 0.3) is 0 Å². The Morgan fingerprint density at radius 1 is 0.829 bits per heavy atom. The number of carbonyl (C=O) groups excluding carboxylic acids is 4. The quantitative estimate of drug-likeness (QED) is 0.167. The largest absolute Gasteiger partial charge is 0.456 e. The molecule has 2 aromatic carbocycles. The molecule has 5 rings (SSSR count). The van der Waals surface area contributed by atoms with Gasteiger partial charge in [-0.2, -0.15) is 4.57 Å². The lowest BCUT2D eigenvalue weighted by molar-refractivity contribution is -0.773. The minimum absolute atomic E-state index is 0.0799. The first-order valence-electron chi connectivity index (χ1n) is 13.2. The summed E-state index contributed by atoms with van der Waals surface area (Å²) < 4.78 is 29.6. The van der Waals surface area contributed by atoms with Gasteiger partial charge in [-0.05, 0) is 48.6 Å².